The average Bonchev–Trinajstić information content (AvgIpc) is 2.83. The van der Waals surface area contributed by atoms with Gasteiger partial charge in [-0.2, -0.15) is 0 Å². The fourth-order valence-electron chi connectivity index (χ4n) is 2.49. The number of imide groups is 1. The van der Waals surface area contributed by atoms with Crippen LogP contribution in [-0.4, -0.2) is 23.7 Å². The first-order chi connectivity index (χ1) is 11.5. The van der Waals surface area contributed by atoms with Gasteiger partial charge in [0.15, 0.2) is 11.9 Å². The molecule has 24 heavy (non-hydrogen) atoms. The highest BCUT2D eigenvalue weighted by molar-refractivity contribution is 9.10. The molecule has 1 heterocycles. The lowest BCUT2D eigenvalue weighted by Gasteiger charge is -2.16. The second kappa shape index (κ2) is 6.57. The summed E-state index contributed by atoms with van der Waals surface area (Å²) in [5.74, 6) is -0.272. The molecule has 2 aromatic rings. The molecule has 2 amide bonds. The van der Waals surface area contributed by atoms with Crippen LogP contribution in [0.2, 0.25) is 0 Å². The van der Waals surface area contributed by atoms with Crippen LogP contribution < -0.4 is 9.64 Å². The average molecular weight is 388 g/mol. The van der Waals surface area contributed by atoms with E-state index in [9.17, 15) is 14.4 Å². The van der Waals surface area contributed by atoms with E-state index < -0.39 is 12.0 Å². The number of anilines is 1. The highest BCUT2D eigenvalue weighted by atomic mass is 79.9. The molecule has 0 spiro atoms. The number of Topliss-reactive ketones (excluding diaryl/α,β-unsaturated/α-hetero) is 1. The van der Waals surface area contributed by atoms with Crippen LogP contribution in [0.15, 0.2) is 53.0 Å². The van der Waals surface area contributed by atoms with E-state index in [-0.39, 0.29) is 18.1 Å². The summed E-state index contributed by atoms with van der Waals surface area (Å²) in [5.41, 5.74) is 0.970. The van der Waals surface area contributed by atoms with E-state index in [1.807, 2.05) is 0 Å². The van der Waals surface area contributed by atoms with Crippen molar-refractivity contribution in [2.24, 2.45) is 0 Å². The van der Waals surface area contributed by atoms with Gasteiger partial charge < -0.3 is 4.74 Å². The summed E-state index contributed by atoms with van der Waals surface area (Å²) >= 11 is 3.33. The molecule has 0 aliphatic carbocycles. The molecule has 1 aliphatic heterocycles. The fourth-order valence-corrected chi connectivity index (χ4v) is 2.75. The predicted molar refractivity (Wildman–Crippen MR) is 92.1 cm³/mol. The van der Waals surface area contributed by atoms with Gasteiger partial charge in [0.1, 0.15) is 5.75 Å². The lowest BCUT2D eigenvalue weighted by molar-refractivity contribution is -0.123. The molecule has 1 aliphatic rings. The number of rotatable bonds is 4. The summed E-state index contributed by atoms with van der Waals surface area (Å²) in [6.07, 6.45) is -0.852. The number of carbonyl (C=O) groups is 3. The van der Waals surface area contributed by atoms with E-state index in [0.29, 0.717) is 17.0 Å². The van der Waals surface area contributed by atoms with Crippen LogP contribution >= 0.6 is 15.9 Å². The second-order valence-corrected chi connectivity index (χ2v) is 6.35. The van der Waals surface area contributed by atoms with Gasteiger partial charge in [-0.05, 0) is 55.5 Å². The highest BCUT2D eigenvalue weighted by Crippen LogP contribution is 2.27. The smallest absolute Gasteiger partial charge is 0.275 e. The minimum atomic E-state index is -0.842. The van der Waals surface area contributed by atoms with Crippen molar-refractivity contribution in [2.75, 3.05) is 4.90 Å². The van der Waals surface area contributed by atoms with Gasteiger partial charge in [-0.15, -0.1) is 0 Å². The Morgan fingerprint density at radius 2 is 1.71 bits per heavy atom. The molecule has 1 saturated heterocycles. The van der Waals surface area contributed by atoms with E-state index in [1.54, 1.807) is 48.5 Å². The number of hydrogen-bond donors (Lipinski definition) is 0. The standard InChI is InChI=1S/C18H14BrNO4/c1-11(21)12-2-6-14(7-3-12)20-17(22)10-16(18(20)23)24-15-8-4-13(19)5-9-15/h2-9,16H,10H2,1H3. The molecule has 0 bridgehead atoms. The maximum absolute atomic E-state index is 12.5. The minimum Gasteiger partial charge on any atom is -0.480 e. The summed E-state index contributed by atoms with van der Waals surface area (Å²) < 4.78 is 6.54. The van der Waals surface area contributed by atoms with Gasteiger partial charge in [-0.25, -0.2) is 4.90 Å². The maximum atomic E-state index is 12.5. The van der Waals surface area contributed by atoms with Gasteiger partial charge in [0, 0.05) is 10.0 Å². The van der Waals surface area contributed by atoms with Gasteiger partial charge in [-0.1, -0.05) is 15.9 Å². The number of ketones is 1. The van der Waals surface area contributed by atoms with Crippen molar-refractivity contribution in [1.29, 1.82) is 0 Å². The Bertz CT molecular complexity index is 799. The van der Waals surface area contributed by atoms with Crippen molar-refractivity contribution in [1.82, 2.24) is 0 Å². The molecule has 1 atom stereocenters. The van der Waals surface area contributed by atoms with E-state index in [1.165, 1.54) is 6.92 Å². The van der Waals surface area contributed by atoms with Gasteiger partial charge in [0.05, 0.1) is 12.1 Å². The summed E-state index contributed by atoms with van der Waals surface area (Å²) in [6, 6.07) is 13.4. The zero-order valence-electron chi connectivity index (χ0n) is 12.9. The first kappa shape index (κ1) is 16.4. The van der Waals surface area contributed by atoms with Crippen LogP contribution in [0.5, 0.6) is 5.75 Å². The van der Waals surface area contributed by atoms with E-state index >= 15 is 0 Å². The Hall–Kier alpha value is -2.47. The normalized spacial score (nSPS) is 17.2. The molecule has 5 nitrogen and oxygen atoms in total. The van der Waals surface area contributed by atoms with Crippen molar-refractivity contribution in [3.8, 4) is 5.75 Å². The second-order valence-electron chi connectivity index (χ2n) is 5.43. The summed E-state index contributed by atoms with van der Waals surface area (Å²) in [4.78, 5) is 37.1. The monoisotopic (exact) mass is 387 g/mol. The van der Waals surface area contributed by atoms with Crippen LogP contribution in [-0.2, 0) is 9.59 Å². The van der Waals surface area contributed by atoms with E-state index in [0.717, 1.165) is 9.37 Å². The zero-order chi connectivity index (χ0) is 17.3. The molecule has 2 aromatic carbocycles. The van der Waals surface area contributed by atoms with E-state index in [2.05, 4.69) is 15.9 Å². The van der Waals surface area contributed by atoms with Gasteiger partial charge in [0.25, 0.3) is 5.91 Å². The number of carbonyl (C=O) groups excluding carboxylic acids is 3. The minimum absolute atomic E-state index is 0.0106. The molecule has 0 saturated carbocycles. The fraction of sp³-hybridized carbons (Fsp3) is 0.167. The highest BCUT2D eigenvalue weighted by Gasteiger charge is 2.41. The summed E-state index contributed by atoms with van der Waals surface area (Å²) in [7, 11) is 0. The Morgan fingerprint density at radius 1 is 1.08 bits per heavy atom. The quantitative estimate of drug-likeness (QED) is 0.595. The number of benzene rings is 2. The molecule has 1 unspecified atom stereocenters. The first-order valence-corrected chi connectivity index (χ1v) is 8.15. The lowest BCUT2D eigenvalue weighted by Crippen LogP contribution is -2.33. The van der Waals surface area contributed by atoms with Gasteiger partial charge in [0.2, 0.25) is 5.91 Å². The third-order valence-electron chi connectivity index (χ3n) is 3.73. The number of ether oxygens (including phenoxy) is 1. The zero-order valence-corrected chi connectivity index (χ0v) is 14.4. The van der Waals surface area contributed by atoms with Gasteiger partial charge >= 0.3 is 0 Å². The molecule has 0 aromatic heterocycles. The van der Waals surface area contributed by atoms with Crippen molar-refractivity contribution >= 4 is 39.2 Å². The largest absolute Gasteiger partial charge is 0.480 e. The molecule has 0 radical (unpaired) electrons. The van der Waals surface area contributed by atoms with Crippen molar-refractivity contribution in [2.45, 2.75) is 19.4 Å². The van der Waals surface area contributed by atoms with Crippen molar-refractivity contribution < 1.29 is 19.1 Å². The number of halogens is 1. The van der Waals surface area contributed by atoms with Crippen LogP contribution in [0.4, 0.5) is 5.69 Å². The van der Waals surface area contributed by atoms with Crippen molar-refractivity contribution in [3.63, 3.8) is 0 Å². The SMILES string of the molecule is CC(=O)c1ccc(N2C(=O)CC(Oc3ccc(Br)cc3)C2=O)cc1. The maximum Gasteiger partial charge on any atom is 0.275 e. The number of nitrogens with zero attached hydrogens (tertiary/aromatic N) is 1. The van der Waals surface area contributed by atoms with Crippen LogP contribution in [0.25, 0.3) is 0 Å². The third kappa shape index (κ3) is 3.23. The predicted octanol–water partition coefficient (Wildman–Crippen LogP) is 3.36. The topological polar surface area (TPSA) is 63.7 Å². The molecule has 6 heteroatoms. The molecule has 3 rings (SSSR count). The summed E-state index contributed by atoms with van der Waals surface area (Å²) in [5, 5.41) is 0. The van der Waals surface area contributed by atoms with Gasteiger partial charge in [-0.3, -0.25) is 14.4 Å². The Balaban J connectivity index is 1.78. The Kier molecular flexibility index (Phi) is 4.49. The van der Waals surface area contributed by atoms with E-state index in [4.69, 9.17) is 4.74 Å². The molecule has 1 fully saturated rings. The lowest BCUT2D eigenvalue weighted by atomic mass is 10.1. The molecule has 122 valence electrons. The third-order valence-corrected chi connectivity index (χ3v) is 4.26. The van der Waals surface area contributed by atoms with Crippen LogP contribution in [0.3, 0.4) is 0 Å². The van der Waals surface area contributed by atoms with Crippen molar-refractivity contribution in [3.05, 3.63) is 58.6 Å². The molecular weight excluding hydrogens is 374 g/mol. The molecular formula is C18H14BrNO4. The Morgan fingerprint density at radius 3 is 2.29 bits per heavy atom. The first-order valence-electron chi connectivity index (χ1n) is 7.36. The molecule has 0 N–H and O–H groups in total. The van der Waals surface area contributed by atoms with Crippen LogP contribution in [0.1, 0.15) is 23.7 Å². The number of hydrogen-bond acceptors (Lipinski definition) is 4. The summed E-state index contributed by atoms with van der Waals surface area (Å²) in [6.45, 7) is 1.46. The Labute approximate surface area is 147 Å². The van der Waals surface area contributed by atoms with Crippen LogP contribution in [0, 0.1) is 0 Å². The number of amides is 2.